The number of hydrogen-bond donors (Lipinski definition) is 1. The summed E-state index contributed by atoms with van der Waals surface area (Å²) in [5.41, 5.74) is 9.51. The van der Waals surface area contributed by atoms with Gasteiger partial charge in [-0.3, -0.25) is 9.48 Å². The Kier molecular flexibility index (Phi) is 13.1. The number of aromatic hydroxyl groups is 1. The van der Waals surface area contributed by atoms with E-state index in [4.69, 9.17) is 4.74 Å². The second-order valence-electron chi connectivity index (χ2n) is 13.7. The van der Waals surface area contributed by atoms with E-state index in [0.717, 1.165) is 80.9 Å². The fraction of sp³-hybridized carbons (Fsp3) is 0.283. The number of anilines is 1. The van der Waals surface area contributed by atoms with Gasteiger partial charge < -0.3 is 19.3 Å². The Balaban J connectivity index is 0.976. The van der Waals surface area contributed by atoms with Crippen LogP contribution in [0.5, 0.6) is 11.5 Å². The Morgan fingerprint density at radius 3 is 2.17 bits per heavy atom. The van der Waals surface area contributed by atoms with Gasteiger partial charge in [-0.2, -0.15) is 0 Å². The van der Waals surface area contributed by atoms with Gasteiger partial charge in [0.15, 0.2) is 5.75 Å². The first-order chi connectivity index (χ1) is 26.4. The quantitative estimate of drug-likeness (QED) is 0.0703. The van der Waals surface area contributed by atoms with Crippen molar-refractivity contribution in [3.63, 3.8) is 0 Å². The molecule has 1 N–H and O–H groups in total. The Morgan fingerprint density at radius 2 is 1.44 bits per heavy atom. The zero-order valence-corrected chi connectivity index (χ0v) is 31.7. The number of ether oxygens (including phenoxy) is 1. The van der Waals surface area contributed by atoms with Crippen LogP contribution in [0.1, 0.15) is 67.8 Å². The molecule has 278 valence electrons. The molecule has 0 saturated carbocycles. The average Bonchev–Trinajstić information content (AvgIpc) is 3.69. The lowest BCUT2D eigenvalue weighted by Crippen LogP contribution is -2.23. The Labute approximate surface area is 319 Å². The van der Waals surface area contributed by atoms with Crippen LogP contribution in [0, 0.1) is 6.92 Å². The van der Waals surface area contributed by atoms with Crippen molar-refractivity contribution in [2.45, 2.75) is 65.5 Å². The third-order valence-corrected chi connectivity index (χ3v) is 10.00. The number of aromatic nitrogens is 4. The van der Waals surface area contributed by atoms with Gasteiger partial charge in [0, 0.05) is 43.7 Å². The zero-order valence-electron chi connectivity index (χ0n) is 31.7. The highest BCUT2D eigenvalue weighted by Crippen LogP contribution is 2.35. The monoisotopic (exact) mass is 721 g/mol. The van der Waals surface area contributed by atoms with Crippen LogP contribution in [0.3, 0.4) is 0 Å². The summed E-state index contributed by atoms with van der Waals surface area (Å²) in [5.74, 6) is 0.702. The fourth-order valence-corrected chi connectivity index (χ4v) is 6.87. The molecule has 6 rings (SSSR count). The molecule has 0 aliphatic carbocycles. The molecule has 8 nitrogen and oxygen atoms in total. The molecule has 0 amide bonds. The van der Waals surface area contributed by atoms with E-state index in [1.807, 2.05) is 15.4 Å². The van der Waals surface area contributed by atoms with Gasteiger partial charge in [-0.15, -0.1) is 5.10 Å². The van der Waals surface area contributed by atoms with Crippen LogP contribution in [-0.4, -0.2) is 44.9 Å². The molecule has 0 aliphatic heterocycles. The Morgan fingerprint density at radius 1 is 0.778 bits per heavy atom. The molecule has 0 spiro atoms. The van der Waals surface area contributed by atoms with Crippen molar-refractivity contribution in [2.24, 2.45) is 0 Å². The molecule has 54 heavy (non-hydrogen) atoms. The molecular formula is C46H51N5O3. The molecule has 2 aromatic heterocycles. The van der Waals surface area contributed by atoms with Crippen molar-refractivity contribution in [3.8, 4) is 22.8 Å². The first kappa shape index (κ1) is 37.9. The molecule has 8 heteroatoms. The number of nitrogens with zero attached hydrogens (tertiary/aromatic N) is 5. The number of aryl methyl sites for hydroxylation is 2. The highest BCUT2D eigenvalue weighted by atomic mass is 16.5. The van der Waals surface area contributed by atoms with E-state index in [1.165, 1.54) is 33.9 Å². The van der Waals surface area contributed by atoms with E-state index in [0.29, 0.717) is 12.3 Å². The molecule has 0 unspecified atom stereocenters. The average molecular weight is 722 g/mol. The van der Waals surface area contributed by atoms with E-state index in [-0.39, 0.29) is 11.2 Å². The van der Waals surface area contributed by atoms with Crippen LogP contribution in [0.2, 0.25) is 0 Å². The van der Waals surface area contributed by atoms with E-state index in [1.54, 1.807) is 13.1 Å². The number of rotatable bonds is 18. The molecule has 0 saturated heterocycles. The highest BCUT2D eigenvalue weighted by molar-refractivity contribution is 5.98. The van der Waals surface area contributed by atoms with Crippen molar-refractivity contribution in [2.75, 3.05) is 25.1 Å². The first-order valence-electron chi connectivity index (χ1n) is 19.1. The van der Waals surface area contributed by atoms with Gasteiger partial charge >= 0.3 is 0 Å². The summed E-state index contributed by atoms with van der Waals surface area (Å²) >= 11 is 0. The molecule has 0 radical (unpaired) electrons. The topological polar surface area (TPSA) is 85.4 Å². The highest BCUT2D eigenvalue weighted by Gasteiger charge is 2.14. The van der Waals surface area contributed by atoms with Crippen LogP contribution in [0.25, 0.3) is 22.4 Å². The van der Waals surface area contributed by atoms with Gasteiger partial charge in [0.05, 0.1) is 18.4 Å². The van der Waals surface area contributed by atoms with Crippen LogP contribution in [0.4, 0.5) is 5.69 Å². The van der Waals surface area contributed by atoms with E-state index >= 15 is 0 Å². The lowest BCUT2D eigenvalue weighted by Gasteiger charge is -2.20. The number of likely N-dealkylation sites (N-methyl/N-ethyl adjacent to an activating group) is 1. The predicted molar refractivity (Wildman–Crippen MR) is 220 cm³/mol. The summed E-state index contributed by atoms with van der Waals surface area (Å²) in [7, 11) is 2.08. The Bertz CT molecular complexity index is 2170. The standard InChI is InChI=1S/C46H51N5O3/c1-4-42(36-17-10-8-11-18-36)45(37-19-12-9-13-20-37)38-23-25-41(26-24-38)54-32-31-49(3)40-22-16-21-39(33-40)43-34-51(48-47-43)29-15-7-5-6-14-28-50-30-27-44(52)46(53)35(50)2/h8-13,16-27,30,33-34,53H,4-7,14-15,28-29,31-32H2,1-3H3. The predicted octanol–water partition coefficient (Wildman–Crippen LogP) is 9.66. The van der Waals surface area contributed by atoms with Crippen molar-refractivity contribution in [1.29, 1.82) is 0 Å². The maximum absolute atomic E-state index is 11.6. The minimum absolute atomic E-state index is 0.150. The summed E-state index contributed by atoms with van der Waals surface area (Å²) in [6, 6.07) is 39.6. The SMILES string of the molecule is CCC(=C(c1ccccc1)c1ccc(OCCN(C)c2cccc(-c3cn(CCCCCCCn4ccc(=O)c(O)c4C)nn3)c2)cc1)c1ccccc1. The van der Waals surface area contributed by atoms with E-state index in [9.17, 15) is 9.90 Å². The minimum atomic E-state index is -0.323. The van der Waals surface area contributed by atoms with Crippen LogP contribution in [-0.2, 0) is 13.1 Å². The molecule has 0 bridgehead atoms. The normalized spacial score (nSPS) is 11.7. The molecule has 6 aromatic rings. The summed E-state index contributed by atoms with van der Waals surface area (Å²) in [6.45, 7) is 6.91. The number of unbranched alkanes of at least 4 members (excludes halogenated alkanes) is 4. The van der Waals surface area contributed by atoms with Gasteiger partial charge in [0.2, 0.25) is 5.43 Å². The summed E-state index contributed by atoms with van der Waals surface area (Å²) < 4.78 is 10.1. The molecule has 2 heterocycles. The molecule has 0 fully saturated rings. The number of hydrogen-bond acceptors (Lipinski definition) is 6. The van der Waals surface area contributed by atoms with Crippen molar-refractivity contribution < 1.29 is 9.84 Å². The van der Waals surface area contributed by atoms with E-state index in [2.05, 4.69) is 138 Å². The maximum atomic E-state index is 11.6. The lowest BCUT2D eigenvalue weighted by atomic mass is 9.88. The van der Waals surface area contributed by atoms with E-state index < -0.39 is 0 Å². The largest absolute Gasteiger partial charge is 0.503 e. The summed E-state index contributed by atoms with van der Waals surface area (Å²) in [6.07, 6.45) is 10.1. The first-order valence-corrected chi connectivity index (χ1v) is 19.1. The summed E-state index contributed by atoms with van der Waals surface area (Å²) in [5, 5.41) is 18.7. The second kappa shape index (κ2) is 18.7. The summed E-state index contributed by atoms with van der Waals surface area (Å²) in [4.78, 5) is 13.8. The number of benzene rings is 4. The third kappa shape index (κ3) is 9.75. The van der Waals surface area contributed by atoms with Gasteiger partial charge in [-0.1, -0.05) is 116 Å². The van der Waals surface area contributed by atoms with Crippen molar-refractivity contribution in [3.05, 3.63) is 160 Å². The second-order valence-corrected chi connectivity index (χ2v) is 13.7. The minimum Gasteiger partial charge on any atom is -0.503 e. The van der Waals surface area contributed by atoms with Gasteiger partial charge in [0.25, 0.3) is 0 Å². The molecule has 0 atom stereocenters. The molecular weight excluding hydrogens is 671 g/mol. The molecule has 4 aromatic carbocycles. The lowest BCUT2D eigenvalue weighted by molar-refractivity contribution is 0.326. The molecule has 0 aliphatic rings. The smallest absolute Gasteiger partial charge is 0.223 e. The van der Waals surface area contributed by atoms with Crippen LogP contribution in [0.15, 0.2) is 132 Å². The maximum Gasteiger partial charge on any atom is 0.223 e. The van der Waals surface area contributed by atoms with Crippen LogP contribution < -0.4 is 15.1 Å². The van der Waals surface area contributed by atoms with Crippen LogP contribution >= 0.6 is 0 Å². The fourth-order valence-electron chi connectivity index (χ4n) is 6.87. The number of allylic oxidation sites excluding steroid dienone is 1. The zero-order chi connectivity index (χ0) is 37.7. The van der Waals surface area contributed by atoms with Gasteiger partial charge in [-0.05, 0) is 78.3 Å². The van der Waals surface area contributed by atoms with Gasteiger partial charge in [0.1, 0.15) is 18.1 Å². The van der Waals surface area contributed by atoms with Gasteiger partial charge in [-0.25, -0.2) is 0 Å². The number of pyridine rings is 1. The van der Waals surface area contributed by atoms with Crippen molar-refractivity contribution in [1.82, 2.24) is 19.6 Å². The third-order valence-electron chi connectivity index (χ3n) is 10.00. The Hall–Kier alpha value is -5.89. The van der Waals surface area contributed by atoms with Crippen molar-refractivity contribution >= 4 is 16.8 Å².